The highest BCUT2D eigenvalue weighted by Crippen LogP contribution is 2.39. The number of ether oxygens (including phenoxy) is 3. The molecule has 0 radical (unpaired) electrons. The number of nitrogens with zero attached hydrogens (tertiary/aromatic N) is 1. The third-order valence-corrected chi connectivity index (χ3v) is 7.68. The standard InChI is InChI=1S/C23H34N2O7S/c1-6-7-12-24-23(27)18-10-8-16(2)25(15-18)33(28,29)20-14-17(9-11-21(26)31-4)13-19(30-3)22(20)32-5/h9,11,13-14,16,18H,6-8,10,12,15H2,1-5H3,(H,24,27)/b11-9+. The number of methoxy groups -OCH3 is 3. The van der Waals surface area contributed by atoms with E-state index in [9.17, 15) is 18.0 Å². The van der Waals surface area contributed by atoms with Crippen LogP contribution in [0.15, 0.2) is 23.1 Å². The second-order valence-electron chi connectivity index (χ2n) is 7.95. The average molecular weight is 483 g/mol. The summed E-state index contributed by atoms with van der Waals surface area (Å²) in [7, 11) is -0.0223. The van der Waals surface area contributed by atoms with Crippen LogP contribution >= 0.6 is 0 Å². The van der Waals surface area contributed by atoms with Crippen molar-refractivity contribution in [2.24, 2.45) is 5.92 Å². The molecule has 1 aromatic carbocycles. The summed E-state index contributed by atoms with van der Waals surface area (Å²) in [6.07, 6.45) is 5.65. The van der Waals surface area contributed by atoms with Crippen molar-refractivity contribution >= 4 is 28.0 Å². The number of carbonyl (C=O) groups is 2. The molecule has 1 aliphatic heterocycles. The molecule has 9 nitrogen and oxygen atoms in total. The maximum absolute atomic E-state index is 13.8. The van der Waals surface area contributed by atoms with Gasteiger partial charge in [-0.15, -0.1) is 0 Å². The van der Waals surface area contributed by atoms with Crippen molar-refractivity contribution in [3.05, 3.63) is 23.8 Å². The van der Waals surface area contributed by atoms with Crippen LogP contribution in [0, 0.1) is 5.92 Å². The van der Waals surface area contributed by atoms with Gasteiger partial charge in [0.25, 0.3) is 0 Å². The Balaban J connectivity index is 2.44. The second-order valence-corrected chi connectivity index (χ2v) is 9.81. The van der Waals surface area contributed by atoms with Gasteiger partial charge in [0, 0.05) is 25.2 Å². The molecule has 1 aliphatic rings. The van der Waals surface area contributed by atoms with Gasteiger partial charge in [-0.3, -0.25) is 4.79 Å². The second kappa shape index (κ2) is 12.0. The highest BCUT2D eigenvalue weighted by atomic mass is 32.2. The summed E-state index contributed by atoms with van der Waals surface area (Å²) in [4.78, 5) is 24.0. The van der Waals surface area contributed by atoms with Crippen LogP contribution in [0.5, 0.6) is 11.5 Å². The van der Waals surface area contributed by atoms with Crippen molar-refractivity contribution in [2.45, 2.75) is 50.5 Å². The van der Waals surface area contributed by atoms with E-state index >= 15 is 0 Å². The molecule has 2 unspecified atom stereocenters. The summed E-state index contributed by atoms with van der Waals surface area (Å²) < 4.78 is 44.2. The van der Waals surface area contributed by atoms with E-state index in [1.54, 1.807) is 6.07 Å². The van der Waals surface area contributed by atoms with Crippen LogP contribution in [0.2, 0.25) is 0 Å². The molecular formula is C23H34N2O7S. The predicted molar refractivity (Wildman–Crippen MR) is 125 cm³/mol. The lowest BCUT2D eigenvalue weighted by Gasteiger charge is -2.36. The third kappa shape index (κ3) is 6.48. The van der Waals surface area contributed by atoms with Crippen molar-refractivity contribution < 1.29 is 32.2 Å². The van der Waals surface area contributed by atoms with Crippen molar-refractivity contribution in [1.82, 2.24) is 9.62 Å². The molecule has 1 fully saturated rings. The van der Waals surface area contributed by atoms with E-state index in [2.05, 4.69) is 10.1 Å². The van der Waals surface area contributed by atoms with E-state index in [4.69, 9.17) is 9.47 Å². The molecule has 1 aromatic rings. The minimum absolute atomic E-state index is 0.0643. The first-order valence-corrected chi connectivity index (χ1v) is 12.4. The smallest absolute Gasteiger partial charge is 0.330 e. The van der Waals surface area contributed by atoms with Crippen molar-refractivity contribution in [2.75, 3.05) is 34.4 Å². The molecule has 0 aliphatic carbocycles. The molecule has 1 amide bonds. The molecular weight excluding hydrogens is 448 g/mol. The van der Waals surface area contributed by atoms with Crippen molar-refractivity contribution in [1.29, 1.82) is 0 Å². The minimum Gasteiger partial charge on any atom is -0.493 e. The van der Waals surface area contributed by atoms with Gasteiger partial charge in [0.05, 0.1) is 27.2 Å². The number of carbonyl (C=O) groups excluding carboxylic acids is 2. The molecule has 1 heterocycles. The Kier molecular flexibility index (Phi) is 9.72. The predicted octanol–water partition coefficient (Wildman–Crippen LogP) is 2.60. The zero-order valence-electron chi connectivity index (χ0n) is 19.9. The van der Waals surface area contributed by atoms with Gasteiger partial charge in [0.1, 0.15) is 4.90 Å². The number of esters is 1. The Hall–Kier alpha value is -2.59. The fraction of sp³-hybridized carbons (Fsp3) is 0.565. The molecule has 1 saturated heterocycles. The summed E-state index contributed by atoms with van der Waals surface area (Å²) in [6, 6.07) is 2.70. The summed E-state index contributed by atoms with van der Waals surface area (Å²) in [6.45, 7) is 4.52. The van der Waals surface area contributed by atoms with Gasteiger partial charge >= 0.3 is 5.97 Å². The van der Waals surface area contributed by atoms with Crippen molar-refractivity contribution in [3.63, 3.8) is 0 Å². The van der Waals surface area contributed by atoms with Gasteiger partial charge in [-0.05, 0) is 50.0 Å². The number of piperidine rings is 1. The molecule has 0 saturated carbocycles. The number of hydrogen-bond donors (Lipinski definition) is 1. The molecule has 1 N–H and O–H groups in total. The Morgan fingerprint density at radius 3 is 2.52 bits per heavy atom. The van der Waals surface area contributed by atoms with Gasteiger partial charge < -0.3 is 19.5 Å². The molecule has 33 heavy (non-hydrogen) atoms. The van der Waals surface area contributed by atoms with Crippen LogP contribution in [0.1, 0.15) is 45.1 Å². The van der Waals surface area contributed by atoms with E-state index in [0.29, 0.717) is 24.9 Å². The van der Waals surface area contributed by atoms with Crippen LogP contribution < -0.4 is 14.8 Å². The number of rotatable bonds is 10. The number of hydrogen-bond acceptors (Lipinski definition) is 7. The van der Waals surface area contributed by atoms with E-state index in [1.807, 2.05) is 13.8 Å². The molecule has 0 spiro atoms. The van der Waals surface area contributed by atoms with Crippen LogP contribution in [0.4, 0.5) is 0 Å². The monoisotopic (exact) mass is 482 g/mol. The van der Waals surface area contributed by atoms with Crippen LogP contribution in [0.25, 0.3) is 6.08 Å². The molecule has 184 valence electrons. The van der Waals surface area contributed by atoms with Crippen molar-refractivity contribution in [3.8, 4) is 11.5 Å². The van der Waals surface area contributed by atoms with E-state index < -0.39 is 21.9 Å². The van der Waals surface area contributed by atoms with Gasteiger partial charge in [-0.1, -0.05) is 13.3 Å². The fourth-order valence-corrected chi connectivity index (χ4v) is 5.66. The maximum atomic E-state index is 13.8. The van der Waals surface area contributed by atoms with Gasteiger partial charge in [-0.25, -0.2) is 13.2 Å². The first kappa shape index (κ1) is 26.7. The number of unbranched alkanes of at least 4 members (excludes halogenated alkanes) is 1. The Labute approximate surface area is 196 Å². The van der Waals surface area contributed by atoms with E-state index in [1.165, 1.54) is 43.9 Å². The lowest BCUT2D eigenvalue weighted by atomic mass is 9.94. The first-order chi connectivity index (χ1) is 15.7. The molecule has 0 bridgehead atoms. The third-order valence-electron chi connectivity index (χ3n) is 5.69. The summed E-state index contributed by atoms with van der Waals surface area (Å²) in [5.74, 6) is -0.857. The number of benzene rings is 1. The Morgan fingerprint density at radius 2 is 1.91 bits per heavy atom. The van der Waals surface area contributed by atoms with Gasteiger partial charge in [0.15, 0.2) is 11.5 Å². The molecule has 2 atom stereocenters. The Morgan fingerprint density at radius 1 is 1.18 bits per heavy atom. The highest BCUT2D eigenvalue weighted by molar-refractivity contribution is 7.89. The molecule has 0 aromatic heterocycles. The molecule has 10 heteroatoms. The van der Waals surface area contributed by atoms with Gasteiger partial charge in [0.2, 0.25) is 15.9 Å². The number of nitrogens with one attached hydrogen (secondary N) is 1. The lowest BCUT2D eigenvalue weighted by Crippen LogP contribution is -2.49. The Bertz CT molecular complexity index is 975. The topological polar surface area (TPSA) is 111 Å². The van der Waals surface area contributed by atoms with E-state index in [0.717, 1.165) is 12.8 Å². The summed E-state index contributed by atoms with van der Waals surface area (Å²) in [5, 5.41) is 2.90. The largest absolute Gasteiger partial charge is 0.493 e. The zero-order valence-corrected chi connectivity index (χ0v) is 20.7. The quantitative estimate of drug-likeness (QED) is 0.310. The fourth-order valence-electron chi connectivity index (χ4n) is 3.75. The summed E-state index contributed by atoms with van der Waals surface area (Å²) >= 11 is 0. The first-order valence-electron chi connectivity index (χ1n) is 11.0. The van der Waals surface area contributed by atoms with Gasteiger partial charge in [-0.2, -0.15) is 4.31 Å². The van der Waals surface area contributed by atoms with Crippen LogP contribution in [-0.4, -0.2) is 65.1 Å². The average Bonchev–Trinajstić information content (AvgIpc) is 2.81. The van der Waals surface area contributed by atoms with Crippen LogP contribution in [0.3, 0.4) is 0 Å². The SMILES string of the molecule is CCCCNC(=O)C1CCC(C)N(S(=O)(=O)c2cc(/C=C/C(=O)OC)cc(OC)c2OC)C1. The van der Waals surface area contributed by atoms with Crippen LogP contribution in [-0.2, 0) is 24.3 Å². The lowest BCUT2D eigenvalue weighted by molar-refractivity contribution is -0.134. The maximum Gasteiger partial charge on any atom is 0.330 e. The number of sulfonamides is 1. The number of amides is 1. The van der Waals surface area contributed by atoms with E-state index in [-0.39, 0.29) is 34.9 Å². The normalized spacial score (nSPS) is 19.3. The zero-order chi connectivity index (χ0) is 24.6. The molecule has 2 rings (SSSR count). The summed E-state index contributed by atoms with van der Waals surface area (Å²) in [5.41, 5.74) is 0.426. The minimum atomic E-state index is -4.05. The highest BCUT2D eigenvalue weighted by Gasteiger charge is 2.39.